The van der Waals surface area contributed by atoms with E-state index in [1.54, 1.807) is 30.2 Å². The first-order chi connectivity index (χ1) is 31.3. The van der Waals surface area contributed by atoms with Gasteiger partial charge in [0.1, 0.15) is 5.52 Å². The largest absolute Gasteiger partial charge is 0.423 e. The Labute approximate surface area is 377 Å². The predicted molar refractivity (Wildman–Crippen MR) is 248 cm³/mol. The fourth-order valence-electron chi connectivity index (χ4n) is 9.81. The van der Waals surface area contributed by atoms with Gasteiger partial charge in [0, 0.05) is 62.8 Å². The number of nitrogens with one attached hydrogen (secondary N) is 4. The van der Waals surface area contributed by atoms with Crippen LogP contribution in [0.25, 0.3) is 11.1 Å². The number of urea groups is 1. The summed E-state index contributed by atoms with van der Waals surface area (Å²) >= 11 is 0. The van der Waals surface area contributed by atoms with Gasteiger partial charge in [-0.25, -0.2) is 4.79 Å². The van der Waals surface area contributed by atoms with Gasteiger partial charge in [0.15, 0.2) is 5.58 Å². The Bertz CT molecular complexity index is 2110. The molecule has 8 rings (SSSR count). The first-order valence-electron chi connectivity index (χ1n) is 24.0. The SMILES string of the molecule is CCCCCCCCCCCCCNC(=O)N[C@H]1CN(c2nc3cc(C(=O)N4CC(C(=O)N[C@H]5C[C@@H]5c5ccccc5)C(C(=O)N[C@H]5C[C@@H]5c5ccccc5)C4)ccc3o2)C[C@@H]1OC. The zero-order chi connectivity index (χ0) is 44.4. The molecule has 3 aromatic carbocycles. The number of oxazole rings is 1. The second-order valence-corrected chi connectivity index (χ2v) is 18.6. The molecule has 0 bridgehead atoms. The number of likely N-dealkylation sites (tertiary alicyclic amines) is 1. The summed E-state index contributed by atoms with van der Waals surface area (Å²) in [6.45, 7) is 4.07. The molecule has 0 radical (unpaired) electrons. The Kier molecular flexibility index (Phi) is 15.2. The van der Waals surface area contributed by atoms with Crippen molar-refractivity contribution < 1.29 is 28.3 Å². The molecular weight excluding hydrogens is 807 g/mol. The number of carbonyl (C=O) groups is 4. The van der Waals surface area contributed by atoms with E-state index in [1.165, 1.54) is 68.9 Å². The molecule has 4 fully saturated rings. The monoisotopic (exact) mass is 874 g/mol. The molecule has 5 amide bonds. The average molecular weight is 874 g/mol. The first-order valence-corrected chi connectivity index (χ1v) is 24.0. The van der Waals surface area contributed by atoms with Crippen LogP contribution in [0.15, 0.2) is 83.3 Å². The van der Waals surface area contributed by atoms with Crippen LogP contribution in [0.1, 0.15) is 124 Å². The van der Waals surface area contributed by atoms with Crippen LogP contribution in [0.3, 0.4) is 0 Å². The summed E-state index contributed by atoms with van der Waals surface area (Å²) in [6, 6.07) is 25.3. The van der Waals surface area contributed by atoms with E-state index in [0.717, 1.165) is 25.7 Å². The number of unbranched alkanes of at least 4 members (excludes halogenated alkanes) is 10. The average Bonchev–Trinajstić information content (AvgIpc) is 4.07. The molecule has 4 aliphatic rings. The Hall–Kier alpha value is -5.43. The highest BCUT2D eigenvalue weighted by molar-refractivity contribution is 5.99. The summed E-state index contributed by atoms with van der Waals surface area (Å²) in [7, 11) is 1.64. The minimum atomic E-state index is -0.686. The summed E-state index contributed by atoms with van der Waals surface area (Å²) in [5.41, 5.74) is 3.80. The zero-order valence-corrected chi connectivity index (χ0v) is 37.6. The fraction of sp³-hybridized carbons (Fsp3) is 0.549. The Morgan fingerprint density at radius 2 is 1.23 bits per heavy atom. The molecule has 2 saturated carbocycles. The molecule has 64 heavy (non-hydrogen) atoms. The summed E-state index contributed by atoms with van der Waals surface area (Å²) in [4.78, 5) is 63.3. The van der Waals surface area contributed by atoms with Crippen LogP contribution in [0, 0.1) is 11.8 Å². The third kappa shape index (κ3) is 11.4. The van der Waals surface area contributed by atoms with Crippen molar-refractivity contribution in [3.8, 4) is 0 Å². The van der Waals surface area contributed by atoms with Crippen molar-refractivity contribution in [2.24, 2.45) is 11.8 Å². The van der Waals surface area contributed by atoms with Gasteiger partial charge < -0.3 is 40.2 Å². The van der Waals surface area contributed by atoms with Crippen molar-refractivity contribution >= 4 is 40.9 Å². The van der Waals surface area contributed by atoms with E-state index in [9.17, 15) is 19.2 Å². The topological polar surface area (TPSA) is 158 Å². The summed E-state index contributed by atoms with van der Waals surface area (Å²) in [6.07, 6.45) is 15.3. The minimum Gasteiger partial charge on any atom is -0.423 e. The lowest BCUT2D eigenvalue weighted by Crippen LogP contribution is -2.48. The molecule has 2 aliphatic heterocycles. The molecule has 2 aliphatic carbocycles. The number of nitrogens with zero attached hydrogens (tertiary/aromatic N) is 3. The highest BCUT2D eigenvalue weighted by Crippen LogP contribution is 2.43. The number of rotatable bonds is 22. The molecule has 0 spiro atoms. The van der Waals surface area contributed by atoms with Crippen molar-refractivity contribution in [1.29, 1.82) is 0 Å². The summed E-state index contributed by atoms with van der Waals surface area (Å²) < 4.78 is 11.9. The smallest absolute Gasteiger partial charge is 0.315 e. The third-order valence-corrected chi connectivity index (χ3v) is 13.8. The maximum Gasteiger partial charge on any atom is 0.315 e. The number of hydrogen-bond acceptors (Lipinski definition) is 8. The van der Waals surface area contributed by atoms with Crippen molar-refractivity contribution in [3.63, 3.8) is 0 Å². The first kappa shape index (κ1) is 45.1. The number of benzene rings is 3. The quantitative estimate of drug-likeness (QED) is 0.0586. The van der Waals surface area contributed by atoms with Gasteiger partial charge >= 0.3 is 6.03 Å². The number of methoxy groups -OCH3 is 1. The van der Waals surface area contributed by atoms with E-state index in [2.05, 4.69) is 52.5 Å². The van der Waals surface area contributed by atoms with Gasteiger partial charge in [0.05, 0.1) is 30.5 Å². The lowest BCUT2D eigenvalue weighted by Gasteiger charge is -2.18. The van der Waals surface area contributed by atoms with Gasteiger partial charge in [0.2, 0.25) is 11.8 Å². The van der Waals surface area contributed by atoms with Crippen LogP contribution in [0.4, 0.5) is 10.8 Å². The molecule has 2 saturated heterocycles. The second kappa shape index (κ2) is 21.5. The number of anilines is 1. The van der Waals surface area contributed by atoms with E-state index < -0.39 is 11.8 Å². The van der Waals surface area contributed by atoms with Crippen LogP contribution in [-0.4, -0.2) is 97.7 Å². The molecule has 2 unspecified atom stereocenters. The number of carbonyl (C=O) groups excluding carboxylic acids is 4. The molecule has 13 heteroatoms. The normalized spacial score (nSPS) is 24.7. The van der Waals surface area contributed by atoms with E-state index in [-0.39, 0.29) is 72.9 Å². The molecule has 4 N–H and O–H groups in total. The molecule has 1 aromatic heterocycles. The van der Waals surface area contributed by atoms with Crippen LogP contribution in [-0.2, 0) is 14.3 Å². The van der Waals surface area contributed by atoms with Gasteiger partial charge in [-0.05, 0) is 48.6 Å². The van der Waals surface area contributed by atoms with Crippen LogP contribution < -0.4 is 26.2 Å². The van der Waals surface area contributed by atoms with Crippen molar-refractivity contribution in [3.05, 3.63) is 95.6 Å². The van der Waals surface area contributed by atoms with Gasteiger partial charge in [-0.1, -0.05) is 132 Å². The number of ether oxygens (including phenoxy) is 1. The molecule has 8 atom stereocenters. The third-order valence-electron chi connectivity index (χ3n) is 13.8. The highest BCUT2D eigenvalue weighted by Gasteiger charge is 2.49. The van der Waals surface area contributed by atoms with Crippen LogP contribution >= 0.6 is 0 Å². The number of fused-ring (bicyclic) bond motifs is 1. The Balaban J connectivity index is 0.843. The number of amides is 5. The fourth-order valence-corrected chi connectivity index (χ4v) is 9.81. The standard InChI is InChI=1S/C51H67N7O6/c1-3-4-5-6-7-8-9-10-11-12-19-26-52-50(62)55-44-32-58(33-46(44)63-2)51-56-43-27-36(24-25-45(43)64-51)49(61)57-30-39(47(59)53-41-28-37(41)34-20-15-13-16-21-34)40(31-57)48(60)54-42-29-38(42)35-22-17-14-18-23-35/h13-18,20-25,27,37-42,44,46H,3-12,19,26,28-33H2,1-2H3,(H,53,59)(H,54,60)(H2,52,55,62)/t37-,38-,39?,40?,41+,42+,44+,46+/m1/s1. The van der Waals surface area contributed by atoms with E-state index in [0.29, 0.717) is 42.3 Å². The predicted octanol–water partition coefficient (Wildman–Crippen LogP) is 7.67. The zero-order valence-electron chi connectivity index (χ0n) is 37.6. The maximum absolute atomic E-state index is 14.2. The van der Waals surface area contributed by atoms with Crippen molar-refractivity contribution in [2.45, 2.75) is 126 Å². The molecule has 4 aromatic rings. The molecule has 342 valence electrons. The van der Waals surface area contributed by atoms with Crippen molar-refractivity contribution in [1.82, 2.24) is 31.2 Å². The maximum atomic E-state index is 14.2. The van der Waals surface area contributed by atoms with Crippen LogP contribution in [0.5, 0.6) is 0 Å². The lowest BCUT2D eigenvalue weighted by atomic mass is 9.94. The van der Waals surface area contributed by atoms with Crippen molar-refractivity contribution in [2.75, 3.05) is 44.7 Å². The van der Waals surface area contributed by atoms with Gasteiger partial charge in [-0.15, -0.1) is 0 Å². The Morgan fingerprint density at radius 1 is 0.672 bits per heavy atom. The van der Waals surface area contributed by atoms with E-state index in [4.69, 9.17) is 14.1 Å². The lowest BCUT2D eigenvalue weighted by molar-refractivity contribution is -0.133. The molecule has 13 nitrogen and oxygen atoms in total. The highest BCUT2D eigenvalue weighted by atomic mass is 16.5. The van der Waals surface area contributed by atoms with Crippen LogP contribution in [0.2, 0.25) is 0 Å². The number of hydrogen-bond donors (Lipinski definition) is 4. The number of aromatic nitrogens is 1. The van der Waals surface area contributed by atoms with Gasteiger partial charge in [-0.2, -0.15) is 4.98 Å². The van der Waals surface area contributed by atoms with E-state index in [1.807, 2.05) is 41.3 Å². The van der Waals surface area contributed by atoms with Gasteiger partial charge in [0.25, 0.3) is 11.9 Å². The summed E-state index contributed by atoms with van der Waals surface area (Å²) in [5.74, 6) is -1.55. The van der Waals surface area contributed by atoms with Gasteiger partial charge in [-0.3, -0.25) is 14.4 Å². The second-order valence-electron chi connectivity index (χ2n) is 18.6. The summed E-state index contributed by atoms with van der Waals surface area (Å²) in [5, 5.41) is 12.5. The minimum absolute atomic E-state index is 0.0000727. The van der Waals surface area contributed by atoms with E-state index >= 15 is 0 Å². The molecular formula is C51H67N7O6. The Morgan fingerprint density at radius 3 is 1.80 bits per heavy atom. The molecule has 3 heterocycles.